The maximum atomic E-state index is 10.4. The highest BCUT2D eigenvalue weighted by molar-refractivity contribution is 5.70. The molecule has 3 heteroatoms. The second-order valence-corrected chi connectivity index (χ2v) is 1.84. The Morgan fingerprint density at radius 2 is 2.30 bits per heavy atom. The summed E-state index contributed by atoms with van der Waals surface area (Å²) in [5.74, 6) is -0.330. The minimum absolute atomic E-state index is 0.0521. The quantitative estimate of drug-likeness (QED) is 0.424. The molecule has 0 aliphatic rings. The van der Waals surface area contributed by atoms with Gasteiger partial charge in [-0.2, -0.15) is 0 Å². The van der Waals surface area contributed by atoms with Gasteiger partial charge in [-0.1, -0.05) is 13.3 Å². The highest BCUT2D eigenvalue weighted by Gasteiger charge is 1.97. The van der Waals surface area contributed by atoms with E-state index >= 15 is 0 Å². The van der Waals surface area contributed by atoms with Crippen molar-refractivity contribution < 1.29 is 14.3 Å². The molecule has 0 aliphatic heterocycles. The summed E-state index contributed by atoms with van der Waals surface area (Å²) >= 11 is 0. The molecule has 10 heavy (non-hydrogen) atoms. The highest BCUT2D eigenvalue weighted by Crippen LogP contribution is 1.87. The van der Waals surface area contributed by atoms with E-state index < -0.39 is 0 Å². The molecule has 59 valence electrons. The van der Waals surface area contributed by atoms with Crippen LogP contribution >= 0.6 is 0 Å². The Hall–Kier alpha value is -0.570. The maximum absolute atomic E-state index is 10.4. The largest absolute Gasteiger partial charge is 0.467 e. The van der Waals surface area contributed by atoms with Crippen molar-refractivity contribution in [3.05, 3.63) is 6.92 Å². The fourth-order valence-electron chi connectivity index (χ4n) is 0.419. The van der Waals surface area contributed by atoms with Crippen LogP contribution in [0.2, 0.25) is 0 Å². The average Bonchev–Trinajstić information content (AvgIpc) is 1.98. The van der Waals surface area contributed by atoms with E-state index in [-0.39, 0.29) is 12.6 Å². The van der Waals surface area contributed by atoms with Gasteiger partial charge in [0, 0.05) is 6.61 Å². The van der Waals surface area contributed by atoms with Gasteiger partial charge in [-0.15, -0.1) is 0 Å². The van der Waals surface area contributed by atoms with Gasteiger partial charge in [-0.3, -0.25) is 0 Å². The van der Waals surface area contributed by atoms with Crippen molar-refractivity contribution in [2.45, 2.75) is 12.8 Å². The van der Waals surface area contributed by atoms with E-state index in [0.717, 1.165) is 12.8 Å². The van der Waals surface area contributed by atoms with Crippen molar-refractivity contribution in [1.82, 2.24) is 0 Å². The molecule has 0 aliphatic carbocycles. The first-order chi connectivity index (χ1) is 4.81. The average molecular weight is 145 g/mol. The van der Waals surface area contributed by atoms with E-state index in [0.29, 0.717) is 6.61 Å². The summed E-state index contributed by atoms with van der Waals surface area (Å²) < 4.78 is 9.26. The van der Waals surface area contributed by atoms with Gasteiger partial charge >= 0.3 is 5.97 Å². The third-order valence-corrected chi connectivity index (χ3v) is 0.986. The minimum Gasteiger partial charge on any atom is -0.467 e. The van der Waals surface area contributed by atoms with Crippen LogP contribution in [0, 0.1) is 6.92 Å². The van der Waals surface area contributed by atoms with Gasteiger partial charge in [0.2, 0.25) is 0 Å². The molecule has 0 aromatic heterocycles. The SMILES string of the molecule is [CH2]CCCOCC(=O)OC. The third-order valence-electron chi connectivity index (χ3n) is 0.986. The fourth-order valence-corrected chi connectivity index (χ4v) is 0.419. The first-order valence-electron chi connectivity index (χ1n) is 3.25. The van der Waals surface area contributed by atoms with E-state index in [2.05, 4.69) is 11.7 Å². The lowest BCUT2D eigenvalue weighted by Gasteiger charge is -1.99. The molecule has 0 saturated carbocycles. The molecule has 0 amide bonds. The zero-order valence-corrected chi connectivity index (χ0v) is 6.26. The van der Waals surface area contributed by atoms with E-state index in [1.807, 2.05) is 0 Å². The summed E-state index contributed by atoms with van der Waals surface area (Å²) in [7, 11) is 1.34. The molecule has 0 aromatic carbocycles. The molecule has 1 radical (unpaired) electrons. The summed E-state index contributed by atoms with van der Waals surface area (Å²) in [6, 6.07) is 0. The lowest BCUT2D eigenvalue weighted by molar-refractivity contribution is -0.145. The Balaban J connectivity index is 2.96. The summed E-state index contributed by atoms with van der Waals surface area (Å²) in [5.41, 5.74) is 0. The number of rotatable bonds is 5. The Morgan fingerprint density at radius 3 is 2.80 bits per heavy atom. The third kappa shape index (κ3) is 5.56. The Bertz CT molecular complexity index is 90.9. The summed E-state index contributed by atoms with van der Waals surface area (Å²) in [5, 5.41) is 0. The number of ether oxygens (including phenoxy) is 2. The van der Waals surface area contributed by atoms with Crippen LogP contribution in [0.5, 0.6) is 0 Å². The minimum atomic E-state index is -0.330. The molecule has 0 fully saturated rings. The van der Waals surface area contributed by atoms with Crippen molar-refractivity contribution in [3.63, 3.8) is 0 Å². The Kier molecular flexibility index (Phi) is 6.18. The topological polar surface area (TPSA) is 35.5 Å². The van der Waals surface area contributed by atoms with E-state index in [1.54, 1.807) is 0 Å². The molecule has 0 unspecified atom stereocenters. The molecule has 0 atom stereocenters. The van der Waals surface area contributed by atoms with Crippen molar-refractivity contribution in [2.75, 3.05) is 20.3 Å². The number of methoxy groups -OCH3 is 1. The van der Waals surface area contributed by atoms with Crippen LogP contribution < -0.4 is 0 Å². The van der Waals surface area contributed by atoms with Gasteiger partial charge in [0.05, 0.1) is 7.11 Å². The standard InChI is InChI=1S/C7H13O3/c1-3-4-5-10-6-7(8)9-2/h1,3-6H2,2H3. The first kappa shape index (κ1) is 9.43. The lowest BCUT2D eigenvalue weighted by atomic mass is 10.4. The number of carbonyl (C=O) groups excluding carboxylic acids is 1. The molecule has 0 aromatic rings. The number of hydrogen-bond acceptors (Lipinski definition) is 3. The van der Waals surface area contributed by atoms with Crippen LogP contribution in [-0.4, -0.2) is 26.3 Å². The zero-order valence-electron chi connectivity index (χ0n) is 6.26. The fraction of sp³-hybridized carbons (Fsp3) is 0.714. The van der Waals surface area contributed by atoms with Crippen LogP contribution in [0.25, 0.3) is 0 Å². The van der Waals surface area contributed by atoms with Gasteiger partial charge in [-0.05, 0) is 6.42 Å². The smallest absolute Gasteiger partial charge is 0.331 e. The molecule has 0 saturated heterocycles. The summed E-state index contributed by atoms with van der Waals surface area (Å²) in [6.45, 7) is 4.26. The predicted octanol–water partition coefficient (Wildman–Crippen LogP) is 0.790. The van der Waals surface area contributed by atoms with Crippen LogP contribution in [0.3, 0.4) is 0 Å². The molecule has 0 bridgehead atoms. The number of esters is 1. The van der Waals surface area contributed by atoms with Gasteiger partial charge in [-0.25, -0.2) is 4.79 Å². The molecule has 0 N–H and O–H groups in total. The Labute approximate surface area is 61.3 Å². The Morgan fingerprint density at radius 1 is 1.60 bits per heavy atom. The molecule has 0 rings (SSSR count). The lowest BCUT2D eigenvalue weighted by Crippen LogP contribution is -2.10. The first-order valence-corrected chi connectivity index (χ1v) is 3.25. The molecule has 0 spiro atoms. The second-order valence-electron chi connectivity index (χ2n) is 1.84. The molecular weight excluding hydrogens is 132 g/mol. The van der Waals surface area contributed by atoms with E-state index in [1.165, 1.54) is 7.11 Å². The molecule has 3 nitrogen and oxygen atoms in total. The normalized spacial score (nSPS) is 9.40. The van der Waals surface area contributed by atoms with Crippen LogP contribution in [0.15, 0.2) is 0 Å². The van der Waals surface area contributed by atoms with Crippen molar-refractivity contribution in [3.8, 4) is 0 Å². The van der Waals surface area contributed by atoms with Crippen LogP contribution in [0.4, 0.5) is 0 Å². The second kappa shape index (κ2) is 6.55. The van der Waals surface area contributed by atoms with Crippen molar-refractivity contribution >= 4 is 5.97 Å². The van der Waals surface area contributed by atoms with Crippen molar-refractivity contribution in [2.24, 2.45) is 0 Å². The van der Waals surface area contributed by atoms with E-state index in [9.17, 15) is 4.79 Å². The highest BCUT2D eigenvalue weighted by atomic mass is 16.6. The zero-order chi connectivity index (χ0) is 7.82. The summed E-state index contributed by atoms with van der Waals surface area (Å²) in [4.78, 5) is 10.4. The molecule has 0 heterocycles. The van der Waals surface area contributed by atoms with Gasteiger partial charge in [0.15, 0.2) is 0 Å². The van der Waals surface area contributed by atoms with Gasteiger partial charge in [0.1, 0.15) is 6.61 Å². The summed E-state index contributed by atoms with van der Waals surface area (Å²) in [6.07, 6.45) is 1.72. The van der Waals surface area contributed by atoms with Gasteiger partial charge in [0.25, 0.3) is 0 Å². The van der Waals surface area contributed by atoms with E-state index in [4.69, 9.17) is 4.74 Å². The number of hydrogen-bond donors (Lipinski definition) is 0. The maximum Gasteiger partial charge on any atom is 0.331 e. The number of unbranched alkanes of at least 4 members (excludes halogenated alkanes) is 1. The van der Waals surface area contributed by atoms with Crippen LogP contribution in [-0.2, 0) is 14.3 Å². The van der Waals surface area contributed by atoms with Gasteiger partial charge < -0.3 is 9.47 Å². The van der Waals surface area contributed by atoms with Crippen LogP contribution in [0.1, 0.15) is 12.8 Å². The monoisotopic (exact) mass is 145 g/mol. The number of carbonyl (C=O) groups is 1. The predicted molar refractivity (Wildman–Crippen MR) is 37.4 cm³/mol. The molecular formula is C7H13O3. The van der Waals surface area contributed by atoms with Crippen molar-refractivity contribution in [1.29, 1.82) is 0 Å².